The smallest absolute Gasteiger partial charge is 0.280 e. The van der Waals surface area contributed by atoms with Crippen molar-refractivity contribution in [1.29, 1.82) is 0 Å². The summed E-state index contributed by atoms with van der Waals surface area (Å²) in [5, 5.41) is 2.56. The number of nitrogens with one attached hydrogen (secondary N) is 1. The molecule has 1 N–H and O–H groups in total. The largest absolute Gasteiger partial charge is 0.493 e. The fraction of sp³-hybridized carbons (Fsp3) is 0.407. The van der Waals surface area contributed by atoms with Gasteiger partial charge >= 0.3 is 0 Å². The van der Waals surface area contributed by atoms with Crippen LogP contribution in [0.5, 0.6) is 11.5 Å². The van der Waals surface area contributed by atoms with Crippen molar-refractivity contribution >= 4 is 18.2 Å². The third-order valence-electron chi connectivity index (χ3n) is 4.88. The van der Waals surface area contributed by atoms with E-state index in [1.54, 1.807) is 45.7 Å². The Morgan fingerprint density at radius 3 is 2.34 bits per heavy atom. The molecule has 208 valence electrons. The highest BCUT2D eigenvalue weighted by molar-refractivity contribution is 7.99. The van der Waals surface area contributed by atoms with Crippen molar-refractivity contribution in [3.63, 3.8) is 0 Å². The minimum absolute atomic E-state index is 0.218. The van der Waals surface area contributed by atoms with Gasteiger partial charge in [-0.15, -0.1) is 0 Å². The average molecular weight is 551 g/mol. The molecular weight excluding hydrogens is 514 g/mol. The minimum atomic E-state index is -2.71. The lowest BCUT2D eigenvalue weighted by atomic mass is 10.1. The molecule has 0 aliphatic carbocycles. The van der Waals surface area contributed by atoms with Crippen molar-refractivity contribution in [2.75, 3.05) is 27.0 Å². The number of halogens is 2. The SMILES string of the molecule is CC.CCCCSc1nc(-c2ccc(=O)n(Cc3ccc(OC)c(OC)c3)c2)cc(C(F)F)n1.CNC=O. The molecule has 0 bridgehead atoms. The molecule has 0 spiro atoms. The molecule has 2 aromatic heterocycles. The van der Waals surface area contributed by atoms with Crippen molar-refractivity contribution < 1.29 is 23.0 Å². The molecule has 8 nitrogen and oxygen atoms in total. The van der Waals surface area contributed by atoms with Crippen LogP contribution < -0.4 is 20.3 Å². The second-order valence-corrected chi connectivity index (χ2v) is 8.51. The summed E-state index contributed by atoms with van der Waals surface area (Å²) in [6, 6.07) is 9.66. The van der Waals surface area contributed by atoms with Crippen molar-refractivity contribution in [3.8, 4) is 22.8 Å². The van der Waals surface area contributed by atoms with Gasteiger partial charge in [-0.3, -0.25) is 9.59 Å². The van der Waals surface area contributed by atoms with Gasteiger partial charge in [-0.1, -0.05) is 45.0 Å². The number of ether oxygens (including phenoxy) is 2. The number of nitrogens with zero attached hydrogens (tertiary/aromatic N) is 3. The van der Waals surface area contributed by atoms with Gasteiger partial charge in [0.25, 0.3) is 12.0 Å². The monoisotopic (exact) mass is 550 g/mol. The Morgan fingerprint density at radius 2 is 1.76 bits per heavy atom. The quantitative estimate of drug-likeness (QED) is 0.144. The summed E-state index contributed by atoms with van der Waals surface area (Å²) in [5.41, 5.74) is 1.20. The predicted molar refractivity (Wildman–Crippen MR) is 147 cm³/mol. The zero-order chi connectivity index (χ0) is 28.5. The second kappa shape index (κ2) is 17.9. The average Bonchev–Trinajstić information content (AvgIpc) is 2.95. The van der Waals surface area contributed by atoms with Crippen molar-refractivity contribution in [3.05, 3.63) is 64.2 Å². The first kappa shape index (κ1) is 32.6. The first-order valence-corrected chi connectivity index (χ1v) is 13.2. The third kappa shape index (κ3) is 10.1. The van der Waals surface area contributed by atoms with Gasteiger partial charge in [0, 0.05) is 30.6 Å². The Bertz CT molecular complexity index is 1190. The summed E-state index contributed by atoms with van der Waals surface area (Å²) >= 11 is 1.35. The predicted octanol–water partition coefficient (Wildman–Crippen LogP) is 5.59. The fourth-order valence-electron chi connectivity index (χ4n) is 3.06. The number of hydrogen-bond donors (Lipinski definition) is 1. The Morgan fingerprint density at radius 1 is 1.08 bits per heavy atom. The van der Waals surface area contributed by atoms with E-state index in [1.165, 1.54) is 28.5 Å². The number of aromatic nitrogens is 3. The molecule has 2 heterocycles. The molecule has 0 aliphatic rings. The standard InChI is InChI=1S/C23H25F2N3O3S.C2H5NO.C2H6/c1-4-5-10-32-23-26-17(12-18(27-23)22(24)25)16-7-9-21(29)28(14-16)13-15-6-8-19(30-2)20(11-15)31-3;1-3-2-4;1-2/h6-9,11-12,14,22H,4-5,10,13H2,1-3H3;2H,1H3,(H,3,4);1-2H3. The molecule has 1 amide bonds. The van der Waals surface area contributed by atoms with Gasteiger partial charge in [-0.25, -0.2) is 18.7 Å². The van der Waals surface area contributed by atoms with Crippen LogP contribution in [0, 0.1) is 0 Å². The van der Waals surface area contributed by atoms with Crippen LogP contribution in [0.1, 0.15) is 51.3 Å². The molecule has 0 saturated carbocycles. The number of amides is 1. The zero-order valence-corrected chi connectivity index (χ0v) is 23.5. The first-order chi connectivity index (χ1) is 18.4. The molecule has 0 radical (unpaired) electrons. The van der Waals surface area contributed by atoms with E-state index in [1.807, 2.05) is 19.9 Å². The molecule has 0 atom stereocenters. The van der Waals surface area contributed by atoms with Crippen LogP contribution in [-0.2, 0) is 11.3 Å². The highest BCUT2D eigenvalue weighted by Crippen LogP contribution is 2.29. The van der Waals surface area contributed by atoms with E-state index in [0.717, 1.165) is 24.2 Å². The van der Waals surface area contributed by atoms with Crippen molar-refractivity contribution in [2.45, 2.75) is 51.7 Å². The van der Waals surface area contributed by atoms with Crippen LogP contribution >= 0.6 is 11.8 Å². The number of benzene rings is 1. The van der Waals surface area contributed by atoms with Crippen LogP contribution in [0.2, 0.25) is 0 Å². The van der Waals surface area contributed by atoms with Crippen LogP contribution in [0.3, 0.4) is 0 Å². The Hall–Kier alpha value is -3.47. The molecule has 3 rings (SSSR count). The van der Waals surface area contributed by atoms with Gasteiger partial charge < -0.3 is 19.4 Å². The Labute approximate surface area is 226 Å². The summed E-state index contributed by atoms with van der Waals surface area (Å²) < 4.78 is 38.9. The number of carbonyl (C=O) groups excluding carboxylic acids is 1. The first-order valence-electron chi connectivity index (χ1n) is 12.2. The van der Waals surface area contributed by atoms with Crippen molar-refractivity contribution in [2.24, 2.45) is 0 Å². The van der Waals surface area contributed by atoms with Crippen LogP contribution in [0.25, 0.3) is 11.3 Å². The Kier molecular flexibility index (Phi) is 15.3. The topological polar surface area (TPSA) is 95.3 Å². The van der Waals surface area contributed by atoms with Crippen LogP contribution in [0.15, 0.2) is 52.5 Å². The highest BCUT2D eigenvalue weighted by Gasteiger charge is 2.15. The summed E-state index contributed by atoms with van der Waals surface area (Å²) in [4.78, 5) is 29.9. The maximum absolute atomic E-state index is 13.4. The lowest BCUT2D eigenvalue weighted by Gasteiger charge is -2.12. The van der Waals surface area contributed by atoms with E-state index >= 15 is 0 Å². The Balaban J connectivity index is 0.00000110. The molecule has 38 heavy (non-hydrogen) atoms. The van der Waals surface area contributed by atoms with Gasteiger partial charge in [-0.2, -0.15) is 0 Å². The van der Waals surface area contributed by atoms with Gasteiger partial charge in [-0.05, 0) is 36.2 Å². The van der Waals surface area contributed by atoms with Gasteiger partial charge in [0.1, 0.15) is 5.69 Å². The molecule has 0 fully saturated rings. The summed E-state index contributed by atoms with van der Waals surface area (Å²) in [6.45, 7) is 6.34. The number of rotatable bonds is 11. The van der Waals surface area contributed by atoms with Gasteiger partial charge in [0.05, 0.1) is 26.5 Å². The number of alkyl halides is 2. The van der Waals surface area contributed by atoms with E-state index in [4.69, 9.17) is 14.3 Å². The third-order valence-corrected chi connectivity index (χ3v) is 5.81. The van der Waals surface area contributed by atoms with E-state index in [9.17, 15) is 13.6 Å². The normalized spacial score (nSPS) is 10.0. The van der Waals surface area contributed by atoms with Gasteiger partial charge in [0.2, 0.25) is 6.41 Å². The van der Waals surface area contributed by atoms with E-state index in [2.05, 4.69) is 22.2 Å². The lowest BCUT2D eigenvalue weighted by molar-refractivity contribution is -0.109. The summed E-state index contributed by atoms with van der Waals surface area (Å²) in [5.74, 6) is 1.90. The number of thioether (sulfide) groups is 1. The number of hydrogen-bond acceptors (Lipinski definition) is 7. The number of carbonyl (C=O) groups is 1. The molecule has 0 unspecified atom stereocenters. The molecule has 1 aromatic carbocycles. The van der Waals surface area contributed by atoms with Crippen LogP contribution in [0.4, 0.5) is 8.78 Å². The van der Waals surface area contributed by atoms with Gasteiger partial charge in [0.15, 0.2) is 16.7 Å². The molecule has 0 saturated heterocycles. The maximum atomic E-state index is 13.4. The molecule has 11 heteroatoms. The second-order valence-electron chi connectivity index (χ2n) is 7.44. The van der Waals surface area contributed by atoms with E-state index in [0.29, 0.717) is 34.3 Å². The summed E-state index contributed by atoms with van der Waals surface area (Å²) in [7, 11) is 4.66. The summed E-state index contributed by atoms with van der Waals surface area (Å²) in [6.07, 6.45) is 1.48. The molecular formula is C27H36F2N4O4S. The molecule has 3 aromatic rings. The molecule has 0 aliphatic heterocycles. The highest BCUT2D eigenvalue weighted by atomic mass is 32.2. The number of methoxy groups -OCH3 is 2. The number of unbranched alkanes of at least 4 members (excludes halogenated alkanes) is 1. The lowest BCUT2D eigenvalue weighted by Crippen LogP contribution is -2.19. The zero-order valence-electron chi connectivity index (χ0n) is 22.7. The van der Waals surface area contributed by atoms with Crippen molar-refractivity contribution in [1.82, 2.24) is 19.9 Å². The minimum Gasteiger partial charge on any atom is -0.493 e. The fourth-order valence-corrected chi connectivity index (χ4v) is 4.01. The van der Waals surface area contributed by atoms with E-state index in [-0.39, 0.29) is 17.8 Å². The number of pyridine rings is 1. The van der Waals surface area contributed by atoms with E-state index < -0.39 is 6.43 Å². The maximum Gasteiger partial charge on any atom is 0.280 e. The van der Waals surface area contributed by atoms with Crippen LogP contribution in [-0.4, -0.2) is 48.0 Å².